The summed E-state index contributed by atoms with van der Waals surface area (Å²) in [5.74, 6) is -1.19. The highest BCUT2D eigenvalue weighted by atomic mass is 32.2. The standard InChI is InChI=1S/C18H16N2O4S2/c1-2-12-6-8-13(9-7-12)16-11-25-18(19-16)20-26(23,24)15-5-3-4-14(10-15)17(21)22/h3-11H,2H2,1H3,(H,19,20)(H,21,22). The lowest BCUT2D eigenvalue weighted by Crippen LogP contribution is -2.13. The third-order valence-corrected chi connectivity index (χ3v) is 6.00. The summed E-state index contributed by atoms with van der Waals surface area (Å²) in [6.45, 7) is 2.07. The van der Waals surface area contributed by atoms with Crippen LogP contribution in [0.3, 0.4) is 0 Å². The zero-order valence-corrected chi connectivity index (χ0v) is 15.5. The number of carboxylic acid groups (broad SMARTS) is 1. The Labute approximate surface area is 155 Å². The number of thiazole rings is 1. The number of carbonyl (C=O) groups is 1. The van der Waals surface area contributed by atoms with Gasteiger partial charge in [-0.05, 0) is 30.2 Å². The second-order valence-corrected chi connectivity index (χ2v) is 8.07. The lowest BCUT2D eigenvalue weighted by molar-refractivity contribution is 0.0696. The number of aryl methyl sites for hydroxylation is 1. The lowest BCUT2D eigenvalue weighted by atomic mass is 10.1. The van der Waals surface area contributed by atoms with Crippen molar-refractivity contribution >= 4 is 32.5 Å². The summed E-state index contributed by atoms with van der Waals surface area (Å²) in [5.41, 5.74) is 2.69. The van der Waals surface area contributed by atoms with Crippen LogP contribution in [0.15, 0.2) is 58.8 Å². The Bertz CT molecular complexity index is 1040. The number of benzene rings is 2. The Morgan fingerprint density at radius 2 is 1.92 bits per heavy atom. The van der Waals surface area contributed by atoms with E-state index in [1.54, 1.807) is 5.38 Å². The lowest BCUT2D eigenvalue weighted by Gasteiger charge is -2.06. The van der Waals surface area contributed by atoms with E-state index >= 15 is 0 Å². The number of nitrogens with one attached hydrogen (secondary N) is 1. The molecule has 0 spiro atoms. The van der Waals surface area contributed by atoms with Crippen molar-refractivity contribution < 1.29 is 18.3 Å². The highest BCUT2D eigenvalue weighted by Gasteiger charge is 2.18. The van der Waals surface area contributed by atoms with Gasteiger partial charge in [0.05, 0.1) is 16.2 Å². The number of carboxylic acids is 1. The van der Waals surface area contributed by atoms with Crippen molar-refractivity contribution in [3.8, 4) is 11.3 Å². The van der Waals surface area contributed by atoms with Crippen LogP contribution in [0.25, 0.3) is 11.3 Å². The highest BCUT2D eigenvalue weighted by Crippen LogP contribution is 2.27. The normalized spacial score (nSPS) is 11.3. The minimum absolute atomic E-state index is 0.0938. The quantitative estimate of drug-likeness (QED) is 0.668. The van der Waals surface area contributed by atoms with Crippen LogP contribution in [-0.4, -0.2) is 24.5 Å². The molecule has 6 nitrogen and oxygen atoms in total. The number of sulfonamides is 1. The van der Waals surface area contributed by atoms with Crippen molar-refractivity contribution in [3.63, 3.8) is 0 Å². The van der Waals surface area contributed by atoms with Gasteiger partial charge >= 0.3 is 5.97 Å². The Balaban J connectivity index is 1.83. The van der Waals surface area contributed by atoms with Crippen LogP contribution in [0.4, 0.5) is 5.13 Å². The highest BCUT2D eigenvalue weighted by molar-refractivity contribution is 7.93. The third-order valence-electron chi connectivity index (χ3n) is 3.78. The number of anilines is 1. The molecule has 0 bridgehead atoms. The van der Waals surface area contributed by atoms with Gasteiger partial charge in [0.1, 0.15) is 0 Å². The Morgan fingerprint density at radius 1 is 1.19 bits per heavy atom. The molecule has 2 aromatic carbocycles. The van der Waals surface area contributed by atoms with Crippen LogP contribution >= 0.6 is 11.3 Å². The van der Waals surface area contributed by atoms with E-state index in [0.717, 1.165) is 18.1 Å². The maximum atomic E-state index is 12.5. The Hall–Kier alpha value is -2.71. The fraction of sp³-hybridized carbons (Fsp3) is 0.111. The van der Waals surface area contributed by atoms with Crippen LogP contribution in [-0.2, 0) is 16.4 Å². The molecule has 0 unspecified atom stereocenters. The van der Waals surface area contributed by atoms with E-state index in [1.165, 1.54) is 35.1 Å². The van der Waals surface area contributed by atoms with Gasteiger partial charge in [0, 0.05) is 10.9 Å². The van der Waals surface area contributed by atoms with Gasteiger partial charge in [0.2, 0.25) is 0 Å². The molecule has 0 fully saturated rings. The predicted molar refractivity (Wildman–Crippen MR) is 101 cm³/mol. The molecule has 2 N–H and O–H groups in total. The minimum Gasteiger partial charge on any atom is -0.478 e. The van der Waals surface area contributed by atoms with Gasteiger partial charge in [-0.2, -0.15) is 0 Å². The fourth-order valence-electron chi connectivity index (χ4n) is 2.33. The van der Waals surface area contributed by atoms with Gasteiger partial charge in [-0.1, -0.05) is 37.3 Å². The third kappa shape index (κ3) is 3.92. The molecule has 0 aliphatic rings. The second-order valence-electron chi connectivity index (χ2n) is 5.53. The second kappa shape index (κ2) is 7.27. The molecule has 8 heteroatoms. The van der Waals surface area contributed by atoms with Crippen molar-refractivity contribution in [1.29, 1.82) is 0 Å². The zero-order valence-electron chi connectivity index (χ0n) is 13.8. The first-order valence-electron chi connectivity index (χ1n) is 7.80. The van der Waals surface area contributed by atoms with Gasteiger partial charge in [0.25, 0.3) is 10.0 Å². The molecule has 0 radical (unpaired) electrons. The largest absolute Gasteiger partial charge is 0.478 e. The fourth-order valence-corrected chi connectivity index (χ4v) is 4.35. The van der Waals surface area contributed by atoms with Crippen molar-refractivity contribution in [3.05, 3.63) is 65.0 Å². The molecular formula is C18H16N2O4S2. The van der Waals surface area contributed by atoms with Gasteiger partial charge in [-0.15, -0.1) is 11.3 Å². The molecule has 1 heterocycles. The Kier molecular flexibility index (Phi) is 5.06. The summed E-state index contributed by atoms with van der Waals surface area (Å²) in [4.78, 5) is 15.2. The van der Waals surface area contributed by atoms with Crippen molar-refractivity contribution in [1.82, 2.24) is 4.98 Å². The molecule has 1 aromatic heterocycles. The van der Waals surface area contributed by atoms with Crippen LogP contribution in [0, 0.1) is 0 Å². The number of aromatic nitrogens is 1. The van der Waals surface area contributed by atoms with Crippen LogP contribution < -0.4 is 4.72 Å². The summed E-state index contributed by atoms with van der Waals surface area (Å²) in [6.07, 6.45) is 0.942. The summed E-state index contributed by atoms with van der Waals surface area (Å²) in [6, 6.07) is 13.1. The first-order valence-corrected chi connectivity index (χ1v) is 10.2. The molecule has 3 rings (SSSR count). The van der Waals surface area contributed by atoms with E-state index in [4.69, 9.17) is 5.11 Å². The van der Waals surface area contributed by atoms with E-state index in [0.29, 0.717) is 5.69 Å². The number of hydrogen-bond acceptors (Lipinski definition) is 5. The van der Waals surface area contributed by atoms with E-state index in [9.17, 15) is 13.2 Å². The topological polar surface area (TPSA) is 96.4 Å². The maximum absolute atomic E-state index is 12.5. The molecule has 0 atom stereocenters. The number of aromatic carboxylic acids is 1. The molecule has 0 saturated heterocycles. The summed E-state index contributed by atoms with van der Waals surface area (Å²) in [7, 11) is -3.91. The molecule has 26 heavy (non-hydrogen) atoms. The van der Waals surface area contributed by atoms with Crippen LogP contribution in [0.2, 0.25) is 0 Å². The summed E-state index contributed by atoms with van der Waals surface area (Å²) in [5, 5.41) is 11.0. The van der Waals surface area contributed by atoms with E-state index in [2.05, 4.69) is 16.6 Å². The van der Waals surface area contributed by atoms with Crippen molar-refractivity contribution in [2.75, 3.05) is 4.72 Å². The maximum Gasteiger partial charge on any atom is 0.335 e. The van der Waals surface area contributed by atoms with Gasteiger partial charge in [-0.3, -0.25) is 4.72 Å². The first kappa shape index (κ1) is 18.1. The zero-order chi connectivity index (χ0) is 18.7. The Morgan fingerprint density at radius 3 is 2.58 bits per heavy atom. The smallest absolute Gasteiger partial charge is 0.335 e. The predicted octanol–water partition coefficient (Wildman–Crippen LogP) is 3.87. The van der Waals surface area contributed by atoms with Gasteiger partial charge < -0.3 is 5.11 Å². The van der Waals surface area contributed by atoms with E-state index < -0.39 is 16.0 Å². The van der Waals surface area contributed by atoms with Crippen LogP contribution in [0.1, 0.15) is 22.8 Å². The number of rotatable bonds is 6. The van der Waals surface area contributed by atoms with Gasteiger partial charge in [0.15, 0.2) is 5.13 Å². The van der Waals surface area contributed by atoms with Crippen molar-refractivity contribution in [2.45, 2.75) is 18.2 Å². The van der Waals surface area contributed by atoms with Crippen LogP contribution in [0.5, 0.6) is 0 Å². The summed E-state index contributed by atoms with van der Waals surface area (Å²) < 4.78 is 27.3. The molecule has 0 saturated carbocycles. The molecule has 0 aliphatic carbocycles. The average Bonchev–Trinajstić information content (AvgIpc) is 3.09. The van der Waals surface area contributed by atoms with E-state index in [1.807, 2.05) is 24.3 Å². The van der Waals surface area contributed by atoms with Gasteiger partial charge in [-0.25, -0.2) is 18.2 Å². The minimum atomic E-state index is -3.91. The molecule has 0 amide bonds. The first-order chi connectivity index (χ1) is 12.4. The summed E-state index contributed by atoms with van der Waals surface area (Å²) >= 11 is 1.17. The number of hydrogen-bond donors (Lipinski definition) is 2. The average molecular weight is 388 g/mol. The number of nitrogens with zero attached hydrogens (tertiary/aromatic N) is 1. The SMILES string of the molecule is CCc1ccc(-c2csc(NS(=O)(=O)c3cccc(C(=O)O)c3)n2)cc1. The monoisotopic (exact) mass is 388 g/mol. The molecule has 3 aromatic rings. The molecule has 134 valence electrons. The van der Waals surface area contributed by atoms with E-state index in [-0.39, 0.29) is 15.6 Å². The van der Waals surface area contributed by atoms with Crippen molar-refractivity contribution in [2.24, 2.45) is 0 Å². The molecule has 0 aliphatic heterocycles. The molecular weight excluding hydrogens is 372 g/mol.